The van der Waals surface area contributed by atoms with Gasteiger partial charge in [0.15, 0.2) is 5.41 Å². The van der Waals surface area contributed by atoms with Gasteiger partial charge in [-0.15, -0.1) is 0 Å². The van der Waals surface area contributed by atoms with Crippen LogP contribution >= 0.6 is 0 Å². The fraction of sp³-hybridized carbons (Fsp3) is 0.179. The van der Waals surface area contributed by atoms with Gasteiger partial charge in [0.2, 0.25) is 0 Å². The first kappa shape index (κ1) is 25.3. The second-order valence-corrected chi connectivity index (χ2v) is 8.26. The molecule has 0 bridgehead atoms. The summed E-state index contributed by atoms with van der Waals surface area (Å²) >= 11 is 0. The number of benzene rings is 3. The monoisotopic (exact) mass is 500 g/mol. The third-order valence-electron chi connectivity index (χ3n) is 6.40. The molecule has 3 aromatic rings. The number of ether oxygens (including phenoxy) is 2. The lowest BCUT2D eigenvalue weighted by atomic mass is 9.74. The van der Waals surface area contributed by atoms with Crippen molar-refractivity contribution in [2.75, 3.05) is 14.2 Å². The van der Waals surface area contributed by atoms with Gasteiger partial charge in [0.1, 0.15) is 11.5 Å². The second-order valence-electron chi connectivity index (χ2n) is 8.26. The number of carbonyl (C=O) groups is 5. The number of methoxy groups -OCH3 is 2. The molecule has 9 heteroatoms. The van der Waals surface area contributed by atoms with Gasteiger partial charge in [-0.25, -0.2) is 4.79 Å². The molecule has 1 fully saturated rings. The topological polar surface area (TPSA) is 110 Å². The highest BCUT2D eigenvalue weighted by Gasteiger charge is 2.60. The molecule has 0 aromatic heterocycles. The highest BCUT2D eigenvalue weighted by atomic mass is 16.5. The van der Waals surface area contributed by atoms with Crippen LogP contribution in [0.4, 0.5) is 4.79 Å². The number of barbiturate groups is 1. The van der Waals surface area contributed by atoms with Crippen molar-refractivity contribution in [3.05, 3.63) is 95.6 Å². The van der Waals surface area contributed by atoms with Crippen molar-refractivity contribution in [1.82, 2.24) is 9.80 Å². The van der Waals surface area contributed by atoms with Crippen molar-refractivity contribution in [2.24, 2.45) is 0 Å². The smallest absolute Gasteiger partial charge is 0.347 e. The zero-order valence-electron chi connectivity index (χ0n) is 20.5. The number of hydrogen-bond acceptors (Lipinski definition) is 7. The molecule has 4 rings (SSSR count). The molecule has 0 atom stereocenters. The first-order valence-electron chi connectivity index (χ1n) is 11.5. The van der Waals surface area contributed by atoms with Gasteiger partial charge in [-0.2, -0.15) is 9.80 Å². The van der Waals surface area contributed by atoms with E-state index in [4.69, 9.17) is 9.47 Å². The predicted molar refractivity (Wildman–Crippen MR) is 132 cm³/mol. The lowest BCUT2D eigenvalue weighted by molar-refractivity contribution is -0.148. The molecule has 9 nitrogen and oxygen atoms in total. The molecular formula is C28H24N2O7. The molecule has 0 unspecified atom stereocenters. The summed E-state index contributed by atoms with van der Waals surface area (Å²) in [6.45, 7) is 1.59. The van der Waals surface area contributed by atoms with Crippen LogP contribution in [0.2, 0.25) is 0 Å². The molecule has 3 aromatic carbocycles. The van der Waals surface area contributed by atoms with E-state index in [1.807, 2.05) is 0 Å². The Morgan fingerprint density at radius 2 is 1.08 bits per heavy atom. The van der Waals surface area contributed by atoms with E-state index in [1.165, 1.54) is 62.8 Å². The minimum Gasteiger partial charge on any atom is -0.497 e. The third-order valence-corrected chi connectivity index (χ3v) is 6.40. The Morgan fingerprint density at radius 3 is 1.43 bits per heavy atom. The van der Waals surface area contributed by atoms with Crippen molar-refractivity contribution in [3.63, 3.8) is 0 Å². The first-order chi connectivity index (χ1) is 17.8. The lowest BCUT2D eigenvalue weighted by Crippen LogP contribution is -2.69. The zero-order valence-corrected chi connectivity index (χ0v) is 20.5. The number of carbonyl (C=O) groups excluding carboxylic acids is 5. The van der Waals surface area contributed by atoms with E-state index in [1.54, 1.807) is 37.3 Å². The molecule has 1 heterocycles. The van der Waals surface area contributed by atoms with E-state index in [2.05, 4.69) is 0 Å². The molecule has 1 saturated heterocycles. The summed E-state index contributed by atoms with van der Waals surface area (Å²) in [7, 11) is 2.91. The van der Waals surface area contributed by atoms with Gasteiger partial charge in [-0.3, -0.25) is 19.2 Å². The highest BCUT2D eigenvalue weighted by Crippen LogP contribution is 2.38. The molecule has 0 N–H and O–H groups in total. The van der Waals surface area contributed by atoms with Crippen LogP contribution in [-0.4, -0.2) is 53.7 Å². The summed E-state index contributed by atoms with van der Waals surface area (Å²) in [5, 5.41) is 0. The molecule has 37 heavy (non-hydrogen) atoms. The molecule has 6 amide bonds. The number of rotatable bonds is 6. The summed E-state index contributed by atoms with van der Waals surface area (Å²) in [6.07, 6.45) is -0.0965. The molecule has 0 radical (unpaired) electrons. The minimum absolute atomic E-state index is 0.00626. The van der Waals surface area contributed by atoms with Crippen molar-refractivity contribution < 1.29 is 33.4 Å². The van der Waals surface area contributed by atoms with Crippen molar-refractivity contribution in [2.45, 2.75) is 18.8 Å². The van der Waals surface area contributed by atoms with Gasteiger partial charge >= 0.3 is 6.03 Å². The largest absolute Gasteiger partial charge is 0.497 e. The van der Waals surface area contributed by atoms with Gasteiger partial charge in [-0.05, 0) is 60.5 Å². The van der Waals surface area contributed by atoms with E-state index in [9.17, 15) is 24.0 Å². The standard InChI is InChI=1S/C28H24N2O7/c1-4-28(20-8-6-5-7-9-20)25(33)29(23(31)18-10-14-21(36-2)15-11-18)27(35)30(26(28)34)24(32)19-12-16-22(37-3)17-13-19/h5-17H,4H2,1-3H3. The van der Waals surface area contributed by atoms with Crippen LogP contribution in [0, 0.1) is 0 Å². The Hall–Kier alpha value is -4.79. The Kier molecular flexibility index (Phi) is 6.88. The summed E-state index contributed by atoms with van der Waals surface area (Å²) in [4.78, 5) is 69.2. The Bertz CT molecular complexity index is 1280. The molecule has 0 aliphatic carbocycles. The second kappa shape index (κ2) is 10.1. The van der Waals surface area contributed by atoms with E-state index < -0.39 is 35.1 Å². The highest BCUT2D eigenvalue weighted by molar-refractivity contribution is 6.35. The van der Waals surface area contributed by atoms with Crippen LogP contribution in [-0.2, 0) is 15.0 Å². The Morgan fingerprint density at radius 1 is 0.676 bits per heavy atom. The normalized spacial score (nSPS) is 14.9. The first-order valence-corrected chi connectivity index (χ1v) is 11.5. The van der Waals surface area contributed by atoms with E-state index >= 15 is 0 Å². The van der Waals surface area contributed by atoms with E-state index in [0.717, 1.165) is 0 Å². The maximum absolute atomic E-state index is 13.9. The maximum Gasteiger partial charge on any atom is 0.347 e. The van der Waals surface area contributed by atoms with E-state index in [-0.39, 0.29) is 23.1 Å². The summed E-state index contributed by atoms with van der Waals surface area (Å²) in [6, 6.07) is 18.3. The Balaban J connectivity index is 1.87. The van der Waals surface area contributed by atoms with Gasteiger partial charge in [0.05, 0.1) is 14.2 Å². The molecule has 1 aliphatic heterocycles. The number of imide groups is 6. The third kappa shape index (κ3) is 4.14. The van der Waals surface area contributed by atoms with Crippen molar-refractivity contribution >= 4 is 29.7 Å². The quantitative estimate of drug-likeness (QED) is 0.374. The van der Waals surface area contributed by atoms with Gasteiger partial charge in [-0.1, -0.05) is 37.3 Å². The van der Waals surface area contributed by atoms with Gasteiger partial charge < -0.3 is 9.47 Å². The van der Waals surface area contributed by atoms with Gasteiger partial charge in [0.25, 0.3) is 23.6 Å². The van der Waals surface area contributed by atoms with Crippen LogP contribution in [0.15, 0.2) is 78.9 Å². The van der Waals surface area contributed by atoms with Crippen LogP contribution in [0.1, 0.15) is 39.6 Å². The minimum atomic E-state index is -1.97. The average molecular weight is 501 g/mol. The maximum atomic E-state index is 13.9. The summed E-state index contributed by atoms with van der Waals surface area (Å²) in [5.74, 6) is -3.04. The van der Waals surface area contributed by atoms with Gasteiger partial charge in [0, 0.05) is 11.1 Å². The molecule has 188 valence electrons. The van der Waals surface area contributed by atoms with Crippen molar-refractivity contribution in [1.29, 1.82) is 0 Å². The summed E-state index contributed by atoms with van der Waals surface area (Å²) in [5.41, 5.74) is -1.70. The number of amides is 6. The van der Waals surface area contributed by atoms with Crippen LogP contribution in [0.25, 0.3) is 0 Å². The SMILES string of the molecule is CCC1(c2ccccc2)C(=O)N(C(=O)c2ccc(OC)cc2)C(=O)N(C(=O)c2ccc(OC)cc2)C1=O. The summed E-state index contributed by atoms with van der Waals surface area (Å²) < 4.78 is 10.2. The fourth-order valence-corrected chi connectivity index (χ4v) is 4.31. The average Bonchev–Trinajstić information content (AvgIpc) is 2.94. The predicted octanol–water partition coefficient (Wildman–Crippen LogP) is 3.82. The fourth-order valence-electron chi connectivity index (χ4n) is 4.31. The number of nitrogens with zero attached hydrogens (tertiary/aromatic N) is 2. The molecule has 1 aliphatic rings. The lowest BCUT2D eigenvalue weighted by Gasteiger charge is -2.42. The zero-order chi connectivity index (χ0) is 26.7. The molecule has 0 spiro atoms. The number of urea groups is 1. The molecule has 0 saturated carbocycles. The van der Waals surface area contributed by atoms with Crippen LogP contribution in [0.5, 0.6) is 11.5 Å². The van der Waals surface area contributed by atoms with Crippen molar-refractivity contribution in [3.8, 4) is 11.5 Å². The van der Waals surface area contributed by atoms with Crippen LogP contribution < -0.4 is 9.47 Å². The van der Waals surface area contributed by atoms with Crippen LogP contribution in [0.3, 0.4) is 0 Å². The van der Waals surface area contributed by atoms with E-state index in [0.29, 0.717) is 21.3 Å². The Labute approximate surface area is 213 Å². The number of hydrogen-bond donors (Lipinski definition) is 0. The molecular weight excluding hydrogens is 476 g/mol.